The molecule has 0 aliphatic carbocycles. The highest BCUT2D eigenvalue weighted by Gasteiger charge is 2.09. The standard InChI is InChI=1S/C12H20ClNS/c1-4-10(5-2)8-14-9(3)11-6-7-12(13)15-11/h6-7,9-10,14H,4-5,8H2,1-3H3. The van der Waals surface area contributed by atoms with E-state index < -0.39 is 0 Å². The van der Waals surface area contributed by atoms with Gasteiger partial charge in [-0.2, -0.15) is 0 Å². The summed E-state index contributed by atoms with van der Waals surface area (Å²) in [7, 11) is 0. The van der Waals surface area contributed by atoms with Gasteiger partial charge in [-0.05, 0) is 31.5 Å². The maximum Gasteiger partial charge on any atom is 0.0931 e. The number of hydrogen-bond acceptors (Lipinski definition) is 2. The zero-order chi connectivity index (χ0) is 11.3. The number of hydrogen-bond donors (Lipinski definition) is 1. The van der Waals surface area contributed by atoms with Gasteiger partial charge in [0, 0.05) is 10.9 Å². The van der Waals surface area contributed by atoms with Crippen molar-refractivity contribution in [2.45, 2.75) is 39.7 Å². The van der Waals surface area contributed by atoms with Crippen LogP contribution in [0.25, 0.3) is 0 Å². The lowest BCUT2D eigenvalue weighted by molar-refractivity contribution is 0.424. The molecule has 0 spiro atoms. The molecule has 0 aliphatic rings. The van der Waals surface area contributed by atoms with Gasteiger partial charge >= 0.3 is 0 Å². The van der Waals surface area contributed by atoms with Crippen LogP contribution >= 0.6 is 22.9 Å². The first kappa shape index (κ1) is 13.0. The number of halogens is 1. The molecule has 0 fully saturated rings. The summed E-state index contributed by atoms with van der Waals surface area (Å²) in [6, 6.07) is 4.50. The lowest BCUT2D eigenvalue weighted by Crippen LogP contribution is -2.24. The van der Waals surface area contributed by atoms with Crippen LogP contribution in [0.1, 0.15) is 44.5 Å². The molecule has 0 radical (unpaired) electrons. The second-order valence-corrected chi connectivity index (χ2v) is 5.70. The zero-order valence-electron chi connectivity index (χ0n) is 9.72. The Balaban J connectivity index is 2.39. The molecule has 1 N–H and O–H groups in total. The first-order valence-corrected chi connectivity index (χ1v) is 6.85. The topological polar surface area (TPSA) is 12.0 Å². The molecule has 3 heteroatoms. The van der Waals surface area contributed by atoms with Crippen LogP contribution in [0.15, 0.2) is 12.1 Å². The molecular weight excluding hydrogens is 226 g/mol. The molecule has 0 bridgehead atoms. The molecule has 0 aromatic carbocycles. The molecule has 0 amide bonds. The van der Waals surface area contributed by atoms with Crippen molar-refractivity contribution in [1.82, 2.24) is 5.32 Å². The number of thiophene rings is 1. The van der Waals surface area contributed by atoms with Crippen LogP contribution < -0.4 is 5.32 Å². The fourth-order valence-corrected chi connectivity index (χ4v) is 2.67. The summed E-state index contributed by atoms with van der Waals surface area (Å²) in [5.74, 6) is 0.794. The average molecular weight is 246 g/mol. The highest BCUT2D eigenvalue weighted by molar-refractivity contribution is 7.16. The third-order valence-electron chi connectivity index (χ3n) is 2.89. The lowest BCUT2D eigenvalue weighted by atomic mass is 10.0. The maximum atomic E-state index is 5.91. The summed E-state index contributed by atoms with van der Waals surface area (Å²) in [6.45, 7) is 7.80. The molecule has 0 aliphatic heterocycles. The molecule has 1 heterocycles. The van der Waals surface area contributed by atoms with Crippen LogP contribution in [0.2, 0.25) is 4.34 Å². The monoisotopic (exact) mass is 245 g/mol. The molecule has 1 nitrogen and oxygen atoms in total. The fourth-order valence-electron chi connectivity index (χ4n) is 1.58. The van der Waals surface area contributed by atoms with E-state index in [0.717, 1.165) is 16.8 Å². The van der Waals surface area contributed by atoms with Crippen LogP contribution in [0.3, 0.4) is 0 Å². The van der Waals surface area contributed by atoms with Gasteiger partial charge in [0.15, 0.2) is 0 Å². The van der Waals surface area contributed by atoms with E-state index in [2.05, 4.69) is 32.2 Å². The summed E-state index contributed by atoms with van der Waals surface area (Å²) >= 11 is 7.58. The Bertz CT molecular complexity index is 281. The van der Waals surface area contributed by atoms with Gasteiger partial charge in [-0.1, -0.05) is 38.3 Å². The second kappa shape index (κ2) is 6.51. The average Bonchev–Trinajstić information content (AvgIpc) is 2.66. The summed E-state index contributed by atoms with van der Waals surface area (Å²) in [5.41, 5.74) is 0. The van der Waals surface area contributed by atoms with E-state index in [4.69, 9.17) is 11.6 Å². The molecule has 1 aromatic heterocycles. The number of rotatable bonds is 6. The molecule has 1 rings (SSSR count). The van der Waals surface area contributed by atoms with E-state index in [1.807, 2.05) is 6.07 Å². The molecule has 1 atom stereocenters. The molecule has 0 saturated heterocycles. The lowest BCUT2D eigenvalue weighted by Gasteiger charge is -2.17. The minimum absolute atomic E-state index is 0.420. The summed E-state index contributed by atoms with van der Waals surface area (Å²) in [5, 5.41) is 3.57. The summed E-state index contributed by atoms with van der Waals surface area (Å²) in [4.78, 5) is 1.32. The predicted octanol–water partition coefficient (Wildman–Crippen LogP) is 4.49. The van der Waals surface area contributed by atoms with Gasteiger partial charge in [0.2, 0.25) is 0 Å². The van der Waals surface area contributed by atoms with Gasteiger partial charge in [-0.15, -0.1) is 11.3 Å². The highest BCUT2D eigenvalue weighted by atomic mass is 35.5. The minimum atomic E-state index is 0.420. The van der Waals surface area contributed by atoms with Crippen LogP contribution in [-0.2, 0) is 0 Å². The van der Waals surface area contributed by atoms with E-state index in [1.165, 1.54) is 17.7 Å². The fraction of sp³-hybridized carbons (Fsp3) is 0.667. The van der Waals surface area contributed by atoms with Crippen LogP contribution in [0.4, 0.5) is 0 Å². The number of nitrogens with one attached hydrogen (secondary N) is 1. The Morgan fingerprint density at radius 1 is 1.33 bits per heavy atom. The van der Waals surface area contributed by atoms with Gasteiger partial charge in [0.1, 0.15) is 0 Å². The van der Waals surface area contributed by atoms with Gasteiger partial charge in [-0.3, -0.25) is 0 Å². The first-order chi connectivity index (χ1) is 7.17. The summed E-state index contributed by atoms with van der Waals surface area (Å²) in [6.07, 6.45) is 2.50. The van der Waals surface area contributed by atoms with E-state index in [1.54, 1.807) is 11.3 Å². The van der Waals surface area contributed by atoms with Crippen molar-refractivity contribution in [2.24, 2.45) is 5.92 Å². The van der Waals surface area contributed by atoms with Crippen molar-refractivity contribution in [3.8, 4) is 0 Å². The third kappa shape index (κ3) is 4.13. The molecule has 1 unspecified atom stereocenters. The van der Waals surface area contributed by atoms with Crippen LogP contribution in [-0.4, -0.2) is 6.54 Å². The first-order valence-electron chi connectivity index (χ1n) is 5.66. The Kier molecular flexibility index (Phi) is 5.65. The van der Waals surface area contributed by atoms with Crippen molar-refractivity contribution < 1.29 is 0 Å². The van der Waals surface area contributed by atoms with Gasteiger partial charge in [0.05, 0.1) is 4.34 Å². The second-order valence-electron chi connectivity index (χ2n) is 3.95. The predicted molar refractivity (Wildman–Crippen MR) is 69.8 cm³/mol. The zero-order valence-corrected chi connectivity index (χ0v) is 11.3. The Hall–Kier alpha value is -0.0500. The van der Waals surface area contributed by atoms with Crippen molar-refractivity contribution in [1.29, 1.82) is 0 Å². The largest absolute Gasteiger partial charge is 0.309 e. The molecule has 1 aromatic rings. The smallest absolute Gasteiger partial charge is 0.0931 e. The Morgan fingerprint density at radius 2 is 2.00 bits per heavy atom. The normalized spacial score (nSPS) is 13.4. The third-order valence-corrected chi connectivity index (χ3v) is 4.30. The van der Waals surface area contributed by atoms with Crippen molar-refractivity contribution in [3.05, 3.63) is 21.3 Å². The molecule has 0 saturated carbocycles. The van der Waals surface area contributed by atoms with Crippen molar-refractivity contribution >= 4 is 22.9 Å². The van der Waals surface area contributed by atoms with Crippen molar-refractivity contribution in [3.63, 3.8) is 0 Å². The van der Waals surface area contributed by atoms with Crippen LogP contribution in [0, 0.1) is 5.92 Å². The van der Waals surface area contributed by atoms with E-state index in [9.17, 15) is 0 Å². The molecule has 86 valence electrons. The minimum Gasteiger partial charge on any atom is -0.309 e. The van der Waals surface area contributed by atoms with E-state index in [-0.39, 0.29) is 0 Å². The highest BCUT2D eigenvalue weighted by Crippen LogP contribution is 2.26. The molecular formula is C12H20ClNS. The van der Waals surface area contributed by atoms with Gasteiger partial charge < -0.3 is 5.32 Å². The maximum absolute atomic E-state index is 5.91. The molecule has 15 heavy (non-hydrogen) atoms. The van der Waals surface area contributed by atoms with Gasteiger partial charge in [-0.25, -0.2) is 0 Å². The summed E-state index contributed by atoms with van der Waals surface area (Å²) < 4.78 is 0.876. The Labute approximate surface area is 102 Å². The van der Waals surface area contributed by atoms with E-state index in [0.29, 0.717) is 6.04 Å². The Morgan fingerprint density at radius 3 is 2.47 bits per heavy atom. The van der Waals surface area contributed by atoms with Crippen molar-refractivity contribution in [2.75, 3.05) is 6.54 Å². The van der Waals surface area contributed by atoms with E-state index >= 15 is 0 Å². The van der Waals surface area contributed by atoms with Gasteiger partial charge in [0.25, 0.3) is 0 Å². The SMILES string of the molecule is CCC(CC)CNC(C)c1ccc(Cl)s1. The quantitative estimate of drug-likeness (QED) is 0.779. The van der Waals surface area contributed by atoms with Crippen LogP contribution in [0.5, 0.6) is 0 Å².